The highest BCUT2D eigenvalue weighted by atomic mass is 16.6. The summed E-state index contributed by atoms with van der Waals surface area (Å²) >= 11 is 0. The van der Waals surface area contributed by atoms with Crippen LogP contribution in [0.15, 0.2) is 83.7 Å². The Morgan fingerprint density at radius 3 is 1.27 bits per heavy atom. The lowest BCUT2D eigenvalue weighted by molar-refractivity contribution is -0.123. The van der Waals surface area contributed by atoms with Gasteiger partial charge in [0.2, 0.25) is 11.5 Å². The lowest BCUT2D eigenvalue weighted by Crippen LogP contribution is -2.28. The van der Waals surface area contributed by atoms with E-state index in [-0.39, 0.29) is 76.2 Å². The summed E-state index contributed by atoms with van der Waals surface area (Å²) in [5.41, 5.74) is 1.94. The Morgan fingerprint density at radius 2 is 0.900 bits per heavy atom. The van der Waals surface area contributed by atoms with Crippen molar-refractivity contribution in [1.82, 2.24) is 10.6 Å². The molecular formula is C30H38N2O8. The zero-order chi connectivity index (χ0) is 28.4. The zero-order valence-electron chi connectivity index (χ0n) is 23.1. The van der Waals surface area contributed by atoms with E-state index in [0.717, 1.165) is 11.1 Å². The lowest BCUT2D eigenvalue weighted by Gasteiger charge is -2.17. The average Bonchev–Trinajstić information content (AvgIpc) is 2.98. The predicted molar refractivity (Wildman–Crippen MR) is 147 cm³/mol. The Balaban J connectivity index is 1.54. The first kappa shape index (κ1) is 30.5. The molecule has 0 fully saturated rings. The maximum atomic E-state index is 12.8. The van der Waals surface area contributed by atoms with Crippen molar-refractivity contribution in [2.75, 3.05) is 52.9 Å². The molecule has 1 heterocycles. The van der Waals surface area contributed by atoms with Gasteiger partial charge in [-0.1, -0.05) is 60.7 Å². The smallest absolute Gasteiger partial charge is 0.290 e. The zero-order valence-corrected chi connectivity index (χ0v) is 23.1. The highest BCUT2D eigenvalue weighted by Gasteiger charge is 2.18. The van der Waals surface area contributed by atoms with Gasteiger partial charge in [-0.2, -0.15) is 0 Å². The van der Waals surface area contributed by atoms with Gasteiger partial charge in [0.15, 0.2) is 0 Å². The van der Waals surface area contributed by atoms with Crippen LogP contribution in [0, 0.1) is 0 Å². The molecule has 0 bridgehead atoms. The fraction of sp³-hybridized carbons (Fsp3) is 0.400. The van der Waals surface area contributed by atoms with Crippen LogP contribution in [0.3, 0.4) is 0 Å². The summed E-state index contributed by atoms with van der Waals surface area (Å²) in [6.07, 6.45) is 0. The molecule has 0 saturated heterocycles. The highest BCUT2D eigenvalue weighted by Crippen LogP contribution is 2.11. The molecule has 10 heteroatoms. The first-order valence-electron chi connectivity index (χ1n) is 13.3. The molecule has 1 aliphatic rings. The largest absolute Gasteiger partial charge is 0.492 e. The van der Waals surface area contributed by atoms with Crippen molar-refractivity contribution < 1.29 is 38.0 Å². The molecule has 1 aliphatic heterocycles. The second-order valence-electron chi connectivity index (χ2n) is 8.73. The van der Waals surface area contributed by atoms with Crippen LogP contribution in [-0.2, 0) is 51.1 Å². The second-order valence-corrected chi connectivity index (χ2v) is 8.73. The van der Waals surface area contributed by atoms with E-state index >= 15 is 0 Å². The van der Waals surface area contributed by atoms with Crippen LogP contribution < -0.4 is 10.6 Å². The summed E-state index contributed by atoms with van der Waals surface area (Å²) in [6.45, 7) is 5.65. The van der Waals surface area contributed by atoms with Crippen molar-refractivity contribution in [2.24, 2.45) is 0 Å². The summed E-state index contributed by atoms with van der Waals surface area (Å²) in [5, 5.41) is 5.71. The van der Waals surface area contributed by atoms with Crippen molar-refractivity contribution in [1.29, 1.82) is 0 Å². The van der Waals surface area contributed by atoms with Crippen LogP contribution >= 0.6 is 0 Å². The number of ether oxygens (including phenoxy) is 6. The van der Waals surface area contributed by atoms with Gasteiger partial charge >= 0.3 is 0 Å². The maximum Gasteiger partial charge on any atom is 0.290 e. The molecule has 0 atom stereocenters. The second kappa shape index (κ2) is 17.5. The lowest BCUT2D eigenvalue weighted by atomic mass is 10.2. The normalized spacial score (nSPS) is 19.9. The molecule has 0 radical (unpaired) electrons. The number of rotatable bonds is 6. The van der Waals surface area contributed by atoms with Gasteiger partial charge in [0.1, 0.15) is 37.9 Å². The van der Waals surface area contributed by atoms with Crippen molar-refractivity contribution in [3.8, 4) is 0 Å². The first-order valence-corrected chi connectivity index (χ1v) is 13.3. The van der Waals surface area contributed by atoms with Crippen LogP contribution in [0.25, 0.3) is 0 Å². The Labute approximate surface area is 235 Å². The molecule has 2 aromatic carbocycles. The predicted octanol–water partition coefficient (Wildman–Crippen LogP) is 3.20. The summed E-state index contributed by atoms with van der Waals surface area (Å²) in [4.78, 5) is 25.7. The van der Waals surface area contributed by atoms with E-state index in [1.54, 1.807) is 13.8 Å². The number of hydrogen-bond donors (Lipinski definition) is 2. The number of amides is 2. The molecule has 0 aromatic heterocycles. The SMILES string of the molecule is C/C1=C(\C(=O)NCc2ccccc2)OCCOCCO/C(C)=C(/C(=O)NCc2ccccc2)OCCOCCO1. The van der Waals surface area contributed by atoms with E-state index in [9.17, 15) is 9.59 Å². The number of benzene rings is 2. The van der Waals surface area contributed by atoms with Gasteiger partial charge in [0.05, 0.1) is 26.4 Å². The highest BCUT2D eigenvalue weighted by molar-refractivity contribution is 5.92. The van der Waals surface area contributed by atoms with Crippen molar-refractivity contribution in [3.63, 3.8) is 0 Å². The standard InChI is InChI=1S/C30H38N2O8/c1-23-27(29(33)31-21-25-9-5-3-6-10-25)39-19-15-36-14-18-38-24(2)28(40-20-16-35-13-17-37-23)30(34)32-22-26-11-7-4-8-12-26/h3-12H,13-22H2,1-2H3,(H,31,33)(H,32,34)/b27-23-,28-24-. The molecule has 2 N–H and O–H groups in total. The molecule has 0 saturated carbocycles. The number of nitrogens with one attached hydrogen (secondary N) is 2. The summed E-state index contributed by atoms with van der Waals surface area (Å²) in [7, 11) is 0. The van der Waals surface area contributed by atoms with E-state index < -0.39 is 0 Å². The molecular weight excluding hydrogens is 516 g/mol. The topological polar surface area (TPSA) is 114 Å². The molecule has 2 amide bonds. The van der Waals surface area contributed by atoms with Crippen molar-refractivity contribution in [3.05, 3.63) is 94.8 Å². The molecule has 3 rings (SSSR count). The van der Waals surface area contributed by atoms with Gasteiger partial charge in [-0.25, -0.2) is 0 Å². The van der Waals surface area contributed by atoms with Crippen LogP contribution in [0.2, 0.25) is 0 Å². The third-order valence-corrected chi connectivity index (χ3v) is 5.68. The fourth-order valence-corrected chi connectivity index (χ4v) is 3.62. The minimum atomic E-state index is -0.382. The quantitative estimate of drug-likeness (QED) is 0.560. The minimum Gasteiger partial charge on any atom is -0.492 e. The number of carbonyl (C=O) groups excluding carboxylic acids is 2. The molecule has 40 heavy (non-hydrogen) atoms. The minimum absolute atomic E-state index is 0.0881. The molecule has 0 spiro atoms. The molecule has 216 valence electrons. The monoisotopic (exact) mass is 554 g/mol. The van der Waals surface area contributed by atoms with Gasteiger partial charge < -0.3 is 39.1 Å². The van der Waals surface area contributed by atoms with Crippen LogP contribution in [-0.4, -0.2) is 64.7 Å². The third kappa shape index (κ3) is 11.0. The number of carbonyl (C=O) groups is 2. The van der Waals surface area contributed by atoms with Gasteiger partial charge in [-0.15, -0.1) is 0 Å². The van der Waals surface area contributed by atoms with Crippen molar-refractivity contribution >= 4 is 11.8 Å². The number of hydrogen-bond acceptors (Lipinski definition) is 8. The van der Waals surface area contributed by atoms with Crippen LogP contribution in [0.5, 0.6) is 0 Å². The summed E-state index contributed by atoms with van der Waals surface area (Å²) in [6, 6.07) is 19.2. The van der Waals surface area contributed by atoms with Crippen LogP contribution in [0.1, 0.15) is 25.0 Å². The van der Waals surface area contributed by atoms with E-state index in [0.29, 0.717) is 24.6 Å². The average molecular weight is 555 g/mol. The Kier molecular flexibility index (Phi) is 13.4. The van der Waals surface area contributed by atoms with E-state index in [4.69, 9.17) is 28.4 Å². The van der Waals surface area contributed by atoms with Crippen molar-refractivity contribution in [2.45, 2.75) is 26.9 Å². The van der Waals surface area contributed by atoms with E-state index in [2.05, 4.69) is 10.6 Å². The Hall–Kier alpha value is -4.02. The molecule has 10 nitrogen and oxygen atoms in total. The molecule has 0 unspecified atom stereocenters. The van der Waals surface area contributed by atoms with Gasteiger partial charge in [-0.3, -0.25) is 9.59 Å². The van der Waals surface area contributed by atoms with Crippen LogP contribution in [0.4, 0.5) is 0 Å². The Morgan fingerprint density at radius 1 is 0.550 bits per heavy atom. The fourth-order valence-electron chi connectivity index (χ4n) is 3.62. The summed E-state index contributed by atoms with van der Waals surface area (Å²) < 4.78 is 34.1. The van der Waals surface area contributed by atoms with Gasteiger partial charge in [0.25, 0.3) is 11.8 Å². The van der Waals surface area contributed by atoms with Gasteiger partial charge in [-0.05, 0) is 25.0 Å². The van der Waals surface area contributed by atoms with E-state index in [1.165, 1.54) is 0 Å². The maximum absolute atomic E-state index is 12.8. The molecule has 2 aromatic rings. The Bertz CT molecular complexity index is 1030. The summed E-state index contributed by atoms with van der Waals surface area (Å²) in [5.74, 6) is 0.0893. The first-order chi connectivity index (χ1) is 19.5. The van der Waals surface area contributed by atoms with E-state index in [1.807, 2.05) is 60.7 Å². The number of allylic oxidation sites excluding steroid dienone is 2. The molecule has 0 aliphatic carbocycles. The third-order valence-electron chi connectivity index (χ3n) is 5.68. The van der Waals surface area contributed by atoms with Gasteiger partial charge in [0, 0.05) is 13.1 Å².